The second kappa shape index (κ2) is 9.53. The topological polar surface area (TPSA) is 41.2 Å². The Bertz CT molecular complexity index is 877. The van der Waals surface area contributed by atoms with Gasteiger partial charge in [0.1, 0.15) is 6.07 Å². The summed E-state index contributed by atoms with van der Waals surface area (Å²) in [6, 6.07) is 8.46. The van der Waals surface area contributed by atoms with Crippen LogP contribution in [0.1, 0.15) is 50.5 Å². The lowest BCUT2D eigenvalue weighted by Gasteiger charge is -2.36. The van der Waals surface area contributed by atoms with Crippen molar-refractivity contribution in [2.45, 2.75) is 63.8 Å². The molecule has 1 saturated heterocycles. The fraction of sp³-hybridized carbons (Fsp3) is 0.522. The first-order valence-electron chi connectivity index (χ1n) is 10.6. The monoisotopic (exact) mass is 431 g/mol. The van der Waals surface area contributed by atoms with Gasteiger partial charge >= 0.3 is 0 Å². The van der Waals surface area contributed by atoms with Crippen molar-refractivity contribution in [2.24, 2.45) is 0 Å². The maximum atomic E-state index is 9.69. The Morgan fingerprint density at radius 1 is 1.07 bits per heavy atom. The van der Waals surface area contributed by atoms with Crippen molar-refractivity contribution in [2.75, 3.05) is 13.2 Å². The third-order valence-electron chi connectivity index (χ3n) is 6.14. The van der Waals surface area contributed by atoms with Crippen LogP contribution >= 0.6 is 23.2 Å². The van der Waals surface area contributed by atoms with Gasteiger partial charge in [-0.25, -0.2) is 0 Å². The Labute approximate surface area is 183 Å². The second-order valence-electron chi connectivity index (χ2n) is 8.15. The van der Waals surface area contributed by atoms with Gasteiger partial charge in [-0.15, -0.1) is 0 Å². The zero-order valence-electron chi connectivity index (χ0n) is 16.6. The van der Waals surface area contributed by atoms with E-state index in [4.69, 9.17) is 27.9 Å². The molecule has 2 aromatic rings. The van der Waals surface area contributed by atoms with E-state index in [1.807, 2.05) is 24.5 Å². The molecular weight excluding hydrogens is 405 g/mol. The summed E-state index contributed by atoms with van der Waals surface area (Å²) in [7, 11) is 0. The Morgan fingerprint density at radius 2 is 1.90 bits per heavy atom. The smallest absolute Gasteiger partial charge is 0.101 e. The maximum Gasteiger partial charge on any atom is 0.101 e. The molecule has 1 atom stereocenters. The number of hydrogen-bond donors (Lipinski definition) is 0. The van der Waals surface area contributed by atoms with Crippen LogP contribution in [0.4, 0.5) is 0 Å². The van der Waals surface area contributed by atoms with Crippen LogP contribution in [0.15, 0.2) is 30.6 Å². The number of aromatic nitrogens is 1. The first-order valence-corrected chi connectivity index (χ1v) is 11.3. The lowest BCUT2D eigenvalue weighted by molar-refractivity contribution is 0.0328. The minimum absolute atomic E-state index is 0.324. The summed E-state index contributed by atoms with van der Waals surface area (Å²) in [5.41, 5.74) is 2.26. The first-order chi connectivity index (χ1) is 14.2. The lowest BCUT2D eigenvalue weighted by Crippen LogP contribution is -2.42. The first kappa shape index (κ1) is 20.8. The van der Waals surface area contributed by atoms with Gasteiger partial charge in [0.05, 0.1) is 28.4 Å². The van der Waals surface area contributed by atoms with E-state index >= 15 is 0 Å². The molecule has 1 saturated carbocycles. The number of nitrogens with zero attached hydrogens (tertiary/aromatic N) is 3. The Morgan fingerprint density at radius 3 is 2.62 bits per heavy atom. The number of ether oxygens (including phenoxy) is 1. The third kappa shape index (κ3) is 4.81. The molecule has 1 aromatic carbocycles. The predicted octanol–water partition coefficient (Wildman–Crippen LogP) is 6.10. The Kier molecular flexibility index (Phi) is 6.82. The van der Waals surface area contributed by atoms with Crippen LogP contribution < -0.4 is 0 Å². The molecule has 2 fully saturated rings. The van der Waals surface area contributed by atoms with E-state index in [-0.39, 0.29) is 0 Å². The number of benzene rings is 1. The lowest BCUT2D eigenvalue weighted by atomic mass is 9.94. The van der Waals surface area contributed by atoms with Crippen LogP contribution in [0.5, 0.6) is 0 Å². The quantitative estimate of drug-likeness (QED) is 0.554. The van der Waals surface area contributed by atoms with Crippen LogP contribution in [-0.2, 0) is 11.4 Å². The molecule has 6 heteroatoms. The molecule has 4 nitrogen and oxygen atoms in total. The van der Waals surface area contributed by atoms with E-state index in [2.05, 4.69) is 15.5 Å². The summed E-state index contributed by atoms with van der Waals surface area (Å²) in [5.74, 6) is 0. The fourth-order valence-corrected chi connectivity index (χ4v) is 5.04. The summed E-state index contributed by atoms with van der Waals surface area (Å²) in [4.78, 5) is 2.56. The second-order valence-corrected chi connectivity index (χ2v) is 8.94. The molecule has 29 heavy (non-hydrogen) atoms. The predicted molar refractivity (Wildman–Crippen MR) is 117 cm³/mol. The SMILES string of the molecule is N#Cc1cn(CN(CC2CCCO2)C2CCCCC2)cc1-c1cccc(Cl)c1Cl. The van der Waals surface area contributed by atoms with Crippen LogP contribution in [0.2, 0.25) is 10.0 Å². The maximum absolute atomic E-state index is 9.69. The van der Waals surface area contributed by atoms with Crippen LogP contribution in [0.3, 0.4) is 0 Å². The van der Waals surface area contributed by atoms with Crippen LogP contribution in [0.25, 0.3) is 11.1 Å². The normalized spacial score (nSPS) is 20.3. The highest BCUT2D eigenvalue weighted by Gasteiger charge is 2.26. The largest absolute Gasteiger partial charge is 0.377 e. The summed E-state index contributed by atoms with van der Waals surface area (Å²) in [6.45, 7) is 2.60. The average molecular weight is 432 g/mol. The molecule has 4 rings (SSSR count). The molecular formula is C23H27Cl2N3O. The molecule has 1 aliphatic carbocycles. The van der Waals surface area contributed by atoms with Gasteiger partial charge in [-0.3, -0.25) is 4.90 Å². The molecule has 2 aliphatic rings. The van der Waals surface area contributed by atoms with E-state index in [1.54, 1.807) is 6.07 Å². The van der Waals surface area contributed by atoms with Gasteiger partial charge in [-0.05, 0) is 31.7 Å². The van der Waals surface area contributed by atoms with E-state index < -0.39 is 0 Å². The molecule has 0 bridgehead atoms. The molecule has 1 aliphatic heterocycles. The molecule has 1 unspecified atom stereocenters. The number of hydrogen-bond acceptors (Lipinski definition) is 3. The standard InChI is InChI=1S/C23H27Cl2N3O/c24-22-10-4-9-20(23(22)25)21-15-27(13-17(21)12-26)16-28(14-19-8-5-11-29-19)18-6-2-1-3-7-18/h4,9-10,13,15,18-19H,1-3,5-8,11,14,16H2. The highest BCUT2D eigenvalue weighted by atomic mass is 35.5. The minimum atomic E-state index is 0.324. The summed E-state index contributed by atoms with van der Waals surface area (Å²) < 4.78 is 8.04. The highest BCUT2D eigenvalue weighted by molar-refractivity contribution is 6.43. The Hall–Kier alpha value is -1.51. The summed E-state index contributed by atoms with van der Waals surface area (Å²) >= 11 is 12.6. The Balaban J connectivity index is 1.59. The van der Waals surface area contributed by atoms with E-state index in [0.717, 1.165) is 43.8 Å². The highest BCUT2D eigenvalue weighted by Crippen LogP contribution is 2.36. The van der Waals surface area contributed by atoms with Crippen molar-refractivity contribution in [1.29, 1.82) is 5.26 Å². The molecule has 0 amide bonds. The summed E-state index contributed by atoms with van der Waals surface area (Å²) in [5, 5.41) is 10.7. The average Bonchev–Trinajstić information content (AvgIpc) is 3.40. The summed E-state index contributed by atoms with van der Waals surface area (Å²) in [6.07, 6.45) is 13.0. The van der Waals surface area contributed by atoms with Gasteiger partial charge in [0, 0.05) is 42.7 Å². The van der Waals surface area contributed by atoms with E-state index in [1.165, 1.54) is 32.1 Å². The van der Waals surface area contributed by atoms with Crippen molar-refractivity contribution in [1.82, 2.24) is 9.47 Å². The molecule has 0 spiro atoms. The fourth-order valence-electron chi connectivity index (χ4n) is 4.63. The number of nitriles is 1. The molecule has 0 radical (unpaired) electrons. The molecule has 0 N–H and O–H groups in total. The van der Waals surface area contributed by atoms with E-state index in [0.29, 0.717) is 27.8 Å². The molecule has 154 valence electrons. The van der Waals surface area contributed by atoms with Gasteiger partial charge in [0.2, 0.25) is 0 Å². The van der Waals surface area contributed by atoms with Crippen molar-refractivity contribution in [3.63, 3.8) is 0 Å². The van der Waals surface area contributed by atoms with Crippen molar-refractivity contribution >= 4 is 23.2 Å². The van der Waals surface area contributed by atoms with Gasteiger partial charge in [-0.2, -0.15) is 5.26 Å². The van der Waals surface area contributed by atoms with Crippen molar-refractivity contribution in [3.05, 3.63) is 46.2 Å². The van der Waals surface area contributed by atoms with Gasteiger partial charge in [0.15, 0.2) is 0 Å². The number of halogens is 2. The third-order valence-corrected chi connectivity index (χ3v) is 6.96. The molecule has 1 aromatic heterocycles. The zero-order chi connectivity index (χ0) is 20.2. The van der Waals surface area contributed by atoms with Gasteiger partial charge in [-0.1, -0.05) is 54.6 Å². The van der Waals surface area contributed by atoms with Gasteiger partial charge < -0.3 is 9.30 Å². The van der Waals surface area contributed by atoms with Crippen molar-refractivity contribution < 1.29 is 4.74 Å². The minimum Gasteiger partial charge on any atom is -0.377 e. The van der Waals surface area contributed by atoms with Crippen LogP contribution in [-0.4, -0.2) is 34.8 Å². The van der Waals surface area contributed by atoms with Crippen molar-refractivity contribution in [3.8, 4) is 17.2 Å². The zero-order valence-corrected chi connectivity index (χ0v) is 18.1. The van der Waals surface area contributed by atoms with Crippen LogP contribution in [0, 0.1) is 11.3 Å². The number of rotatable bonds is 6. The van der Waals surface area contributed by atoms with E-state index in [9.17, 15) is 5.26 Å². The van der Waals surface area contributed by atoms with Gasteiger partial charge in [0.25, 0.3) is 0 Å². The molecule has 2 heterocycles.